The van der Waals surface area contributed by atoms with Crippen LogP contribution >= 0.6 is 0 Å². The van der Waals surface area contributed by atoms with E-state index >= 15 is 0 Å². The Morgan fingerprint density at radius 1 is 1.60 bits per heavy atom. The number of aliphatic hydroxyl groups is 1. The molecule has 4 heteroatoms. The van der Waals surface area contributed by atoms with Crippen LogP contribution in [0.4, 0.5) is 0 Å². The zero-order chi connectivity index (χ0) is 2.71. The van der Waals surface area contributed by atoms with E-state index in [1.807, 2.05) is 0 Å². The van der Waals surface area contributed by atoms with Crippen molar-refractivity contribution in [3.63, 3.8) is 0 Å². The van der Waals surface area contributed by atoms with E-state index in [1.165, 1.54) is 0 Å². The van der Waals surface area contributed by atoms with Gasteiger partial charge >= 0.3 is 51.4 Å². The predicted molar refractivity (Wildman–Crippen MR) is 14.7 cm³/mol. The molecule has 0 fully saturated rings. The van der Waals surface area contributed by atoms with Gasteiger partial charge in [0.1, 0.15) is 0 Å². The molecule has 27 valence electrons. The Morgan fingerprint density at radius 2 is 1.60 bits per heavy atom. The first-order valence-electron chi connectivity index (χ1n) is 0.447. The quantitative estimate of drug-likeness (QED) is 0.355. The van der Waals surface area contributed by atoms with E-state index in [9.17, 15) is 0 Å². The van der Waals surface area contributed by atoms with Crippen molar-refractivity contribution in [3.05, 3.63) is 0 Å². The number of nitriles is 1. The summed E-state index contributed by atoms with van der Waals surface area (Å²) in [5.74, 6) is 0. The van der Waals surface area contributed by atoms with E-state index in [2.05, 4.69) is 0 Å². The first-order chi connectivity index (χ1) is 1.41. The molecule has 0 amide bonds. The van der Waals surface area contributed by atoms with Crippen molar-refractivity contribution in [1.82, 2.24) is 0 Å². The van der Waals surface area contributed by atoms with Crippen molar-refractivity contribution in [2.45, 2.75) is 0 Å². The minimum atomic E-state index is 0. The fourth-order valence-electron chi connectivity index (χ4n) is 0. The van der Waals surface area contributed by atoms with Gasteiger partial charge < -0.3 is 5.11 Å². The van der Waals surface area contributed by atoms with Gasteiger partial charge in [0.25, 0.3) is 6.26 Å². The van der Waals surface area contributed by atoms with Crippen molar-refractivity contribution in [1.29, 1.82) is 5.26 Å². The molecular weight excluding hydrogens is 140 g/mol. The summed E-state index contributed by atoms with van der Waals surface area (Å²) >= 11 is 0. The molecule has 0 aromatic carbocycles. The maximum atomic E-state index is 6.88. The molecular formula is CH2CoKNO. The third-order valence-electron chi connectivity index (χ3n) is 0. The van der Waals surface area contributed by atoms with Crippen LogP contribution in [0.25, 0.3) is 0 Å². The first kappa shape index (κ1) is 16.1. The topological polar surface area (TPSA) is 44.0 Å². The molecule has 1 radical (unpaired) electrons. The van der Waals surface area contributed by atoms with Crippen molar-refractivity contribution in [2.75, 3.05) is 0 Å². The number of hydrogen-bond acceptors (Lipinski definition) is 2. The molecule has 5 heavy (non-hydrogen) atoms. The maximum absolute atomic E-state index is 6.88. The zero-order valence-electron chi connectivity index (χ0n) is 1.73. The van der Waals surface area contributed by atoms with E-state index in [-0.39, 0.29) is 68.2 Å². The predicted octanol–water partition coefficient (Wildman–Crippen LogP) is -0.811. The fraction of sp³-hybridized carbons (Fsp3) is 0. The van der Waals surface area contributed by atoms with Crippen molar-refractivity contribution in [2.24, 2.45) is 0 Å². The molecule has 0 saturated heterocycles. The van der Waals surface area contributed by atoms with Gasteiger partial charge in [-0.15, -0.1) is 0 Å². The number of rotatable bonds is 0. The second-order valence-corrected chi connectivity index (χ2v) is 0.100. The summed E-state index contributed by atoms with van der Waals surface area (Å²) in [5.41, 5.74) is 0. The molecule has 0 aromatic rings. The van der Waals surface area contributed by atoms with Crippen LogP contribution in [0.3, 0.4) is 0 Å². The summed E-state index contributed by atoms with van der Waals surface area (Å²) in [6.07, 6.45) is 0.750. The number of nitrogens with zero attached hydrogens (tertiary/aromatic N) is 1. The van der Waals surface area contributed by atoms with Crippen LogP contribution in [-0.2, 0) is 16.8 Å². The average molecular weight is 142 g/mol. The van der Waals surface area contributed by atoms with Crippen LogP contribution in [-0.4, -0.2) is 56.5 Å². The van der Waals surface area contributed by atoms with Crippen LogP contribution in [0.5, 0.6) is 0 Å². The summed E-state index contributed by atoms with van der Waals surface area (Å²) < 4.78 is 0. The van der Waals surface area contributed by atoms with Gasteiger partial charge in [0.2, 0.25) is 0 Å². The molecule has 0 aromatic heterocycles. The Kier molecular flexibility index (Phi) is 58.1. The van der Waals surface area contributed by atoms with E-state index < -0.39 is 0 Å². The first-order valence-corrected chi connectivity index (χ1v) is 0.447. The van der Waals surface area contributed by atoms with Crippen LogP contribution in [0, 0.1) is 11.5 Å². The van der Waals surface area contributed by atoms with Gasteiger partial charge in [0, 0.05) is 16.8 Å². The van der Waals surface area contributed by atoms with Crippen LogP contribution in [0.2, 0.25) is 0 Å². The van der Waals surface area contributed by atoms with E-state index in [4.69, 9.17) is 10.4 Å². The van der Waals surface area contributed by atoms with Gasteiger partial charge in [0.15, 0.2) is 0 Å². The molecule has 0 aliphatic rings. The Balaban J connectivity index is -0.0000000200. The monoisotopic (exact) mass is 142 g/mol. The summed E-state index contributed by atoms with van der Waals surface area (Å²) in [6, 6.07) is 0. The third-order valence-corrected chi connectivity index (χ3v) is 0. The van der Waals surface area contributed by atoms with Crippen molar-refractivity contribution >= 4 is 51.4 Å². The number of hydrogen-bond donors (Lipinski definition) is 1. The van der Waals surface area contributed by atoms with Crippen molar-refractivity contribution in [3.8, 4) is 6.26 Å². The standard InChI is InChI=1S/CHNO.Co.K.H/c2-1-3;;;/h3H;;;. The van der Waals surface area contributed by atoms with Gasteiger partial charge in [-0.1, -0.05) is 0 Å². The van der Waals surface area contributed by atoms with Gasteiger partial charge in [-0.05, 0) is 0 Å². The molecule has 0 heterocycles. The van der Waals surface area contributed by atoms with Crippen LogP contribution in [0.15, 0.2) is 0 Å². The average Bonchev–Trinajstić information content (AvgIpc) is 0.918. The van der Waals surface area contributed by atoms with E-state index in [0.717, 1.165) is 6.26 Å². The normalized spacial score (nSPS) is 1.40. The number of aliphatic hydroxyl groups excluding tert-OH is 1. The second-order valence-electron chi connectivity index (χ2n) is 0.100. The van der Waals surface area contributed by atoms with Crippen molar-refractivity contribution < 1.29 is 21.9 Å². The molecule has 0 spiro atoms. The Morgan fingerprint density at radius 3 is 1.60 bits per heavy atom. The van der Waals surface area contributed by atoms with Gasteiger partial charge in [-0.2, -0.15) is 5.26 Å². The Labute approximate surface area is 83.2 Å². The molecule has 0 aliphatic carbocycles. The SMILES string of the molecule is N#CO.[Co].[KH]. The van der Waals surface area contributed by atoms with Gasteiger partial charge in [-0.3, -0.25) is 0 Å². The zero-order valence-corrected chi connectivity index (χ0v) is 2.77. The fourth-order valence-corrected chi connectivity index (χ4v) is 0. The third kappa shape index (κ3) is 31.2. The molecule has 0 saturated carbocycles. The Bertz CT molecular complexity index is 33.1. The molecule has 0 aliphatic heterocycles. The summed E-state index contributed by atoms with van der Waals surface area (Å²) in [6.45, 7) is 0. The van der Waals surface area contributed by atoms with Gasteiger partial charge in [-0.25, -0.2) is 0 Å². The molecule has 0 unspecified atom stereocenters. The van der Waals surface area contributed by atoms with Crippen LogP contribution in [0.1, 0.15) is 0 Å². The molecule has 0 rings (SSSR count). The van der Waals surface area contributed by atoms with E-state index in [0.29, 0.717) is 0 Å². The van der Waals surface area contributed by atoms with Crippen LogP contribution < -0.4 is 0 Å². The summed E-state index contributed by atoms with van der Waals surface area (Å²) in [4.78, 5) is 0. The second kappa shape index (κ2) is 18.0. The molecule has 0 bridgehead atoms. The van der Waals surface area contributed by atoms with Gasteiger partial charge in [0.05, 0.1) is 0 Å². The minimum absolute atomic E-state index is 0. The molecule has 2 nitrogen and oxygen atoms in total. The molecule has 1 N–H and O–H groups in total. The summed E-state index contributed by atoms with van der Waals surface area (Å²) in [7, 11) is 0. The Hall–Kier alpha value is 1.43. The summed E-state index contributed by atoms with van der Waals surface area (Å²) in [5, 5.41) is 13.8. The van der Waals surface area contributed by atoms with E-state index in [1.54, 1.807) is 0 Å². The molecule has 0 atom stereocenters.